The average molecular weight is 333 g/mol. The molecule has 24 heavy (non-hydrogen) atoms. The van der Waals surface area contributed by atoms with Crippen LogP contribution in [0.25, 0.3) is 0 Å². The van der Waals surface area contributed by atoms with Crippen molar-refractivity contribution < 1.29 is 9.53 Å². The Hall–Kier alpha value is -1.59. The van der Waals surface area contributed by atoms with Gasteiger partial charge in [0, 0.05) is 38.3 Å². The van der Waals surface area contributed by atoms with Crippen LogP contribution in [0.4, 0.5) is 0 Å². The number of amides is 1. The fraction of sp³-hybridized carbons (Fsp3) is 0.632. The molecule has 0 saturated carbocycles. The molecule has 1 saturated heterocycles. The van der Waals surface area contributed by atoms with Crippen molar-refractivity contribution in [2.75, 3.05) is 52.9 Å². The van der Waals surface area contributed by atoms with Crippen molar-refractivity contribution in [2.24, 2.45) is 0 Å². The van der Waals surface area contributed by atoms with Gasteiger partial charge in [-0.05, 0) is 44.1 Å². The summed E-state index contributed by atoms with van der Waals surface area (Å²) in [7, 11) is 1.61. The number of carbonyl (C=O) groups excluding carboxylic acids is 1. The second-order valence-electron chi connectivity index (χ2n) is 6.32. The normalized spacial score (nSPS) is 16.1. The van der Waals surface area contributed by atoms with E-state index in [9.17, 15) is 4.79 Å². The molecule has 1 fully saturated rings. The van der Waals surface area contributed by atoms with Crippen molar-refractivity contribution in [3.63, 3.8) is 0 Å². The van der Waals surface area contributed by atoms with Gasteiger partial charge in [0.1, 0.15) is 5.75 Å². The first-order valence-electron chi connectivity index (χ1n) is 9.10. The number of hydrogen-bond donors (Lipinski definition) is 1. The molecule has 1 heterocycles. The lowest BCUT2D eigenvalue weighted by Crippen LogP contribution is -2.46. The minimum absolute atomic E-state index is 0.0235. The standard InChI is InChI=1S/C19H31N3O2/c1-3-21-12-14-22(15-13-21)11-6-4-5-10-20-19(23)17-8-7-9-18(16-17)24-2/h7-9,16H,3-6,10-15H2,1-2H3,(H,20,23). The van der Waals surface area contributed by atoms with E-state index in [1.54, 1.807) is 13.2 Å². The predicted octanol–water partition coefficient (Wildman–Crippen LogP) is 2.23. The lowest BCUT2D eigenvalue weighted by atomic mass is 10.2. The summed E-state index contributed by atoms with van der Waals surface area (Å²) in [5.41, 5.74) is 0.656. The number of rotatable bonds is 9. The maximum Gasteiger partial charge on any atom is 0.251 e. The van der Waals surface area contributed by atoms with Crippen LogP contribution in [-0.2, 0) is 0 Å². The number of methoxy groups -OCH3 is 1. The van der Waals surface area contributed by atoms with Crippen molar-refractivity contribution in [2.45, 2.75) is 26.2 Å². The first-order valence-corrected chi connectivity index (χ1v) is 9.10. The predicted molar refractivity (Wildman–Crippen MR) is 97.7 cm³/mol. The molecule has 0 bridgehead atoms. The van der Waals surface area contributed by atoms with Gasteiger partial charge in [0.2, 0.25) is 0 Å². The number of carbonyl (C=O) groups is 1. The molecule has 1 aliphatic heterocycles. The fourth-order valence-corrected chi connectivity index (χ4v) is 3.03. The molecular weight excluding hydrogens is 302 g/mol. The Morgan fingerprint density at radius 1 is 1.12 bits per heavy atom. The van der Waals surface area contributed by atoms with Gasteiger partial charge in [-0.3, -0.25) is 4.79 Å². The first-order chi connectivity index (χ1) is 11.7. The van der Waals surface area contributed by atoms with Gasteiger partial charge in [0.25, 0.3) is 5.91 Å². The summed E-state index contributed by atoms with van der Waals surface area (Å²) in [6.45, 7) is 10.1. The molecule has 0 radical (unpaired) electrons. The Morgan fingerprint density at radius 3 is 2.58 bits per heavy atom. The van der Waals surface area contributed by atoms with E-state index < -0.39 is 0 Å². The molecule has 1 amide bonds. The summed E-state index contributed by atoms with van der Waals surface area (Å²) in [4.78, 5) is 17.1. The van der Waals surface area contributed by atoms with Gasteiger partial charge in [0.15, 0.2) is 0 Å². The van der Waals surface area contributed by atoms with Crippen LogP contribution < -0.4 is 10.1 Å². The maximum absolute atomic E-state index is 12.1. The summed E-state index contributed by atoms with van der Waals surface area (Å²) in [6.07, 6.45) is 3.40. The number of likely N-dealkylation sites (N-methyl/N-ethyl adjacent to an activating group) is 1. The lowest BCUT2D eigenvalue weighted by molar-refractivity contribution is 0.0952. The molecule has 0 aliphatic carbocycles. The van der Waals surface area contributed by atoms with Gasteiger partial charge < -0.3 is 19.9 Å². The van der Waals surface area contributed by atoms with Crippen molar-refractivity contribution in [1.82, 2.24) is 15.1 Å². The van der Waals surface area contributed by atoms with Crippen molar-refractivity contribution in [1.29, 1.82) is 0 Å². The van der Waals surface area contributed by atoms with E-state index in [0.29, 0.717) is 11.3 Å². The highest BCUT2D eigenvalue weighted by Gasteiger charge is 2.14. The van der Waals surface area contributed by atoms with Crippen LogP contribution >= 0.6 is 0 Å². The molecule has 0 atom stereocenters. The van der Waals surface area contributed by atoms with Crippen LogP contribution in [0.2, 0.25) is 0 Å². The van der Waals surface area contributed by atoms with E-state index in [0.717, 1.165) is 19.4 Å². The maximum atomic E-state index is 12.1. The molecule has 2 rings (SSSR count). The van der Waals surface area contributed by atoms with Crippen molar-refractivity contribution >= 4 is 5.91 Å². The third kappa shape index (κ3) is 6.13. The van der Waals surface area contributed by atoms with Gasteiger partial charge in [-0.15, -0.1) is 0 Å². The molecule has 1 N–H and O–H groups in total. The third-order valence-corrected chi connectivity index (χ3v) is 4.68. The number of ether oxygens (including phenoxy) is 1. The van der Waals surface area contributed by atoms with Crippen molar-refractivity contribution in [3.8, 4) is 5.75 Å². The molecule has 0 unspecified atom stereocenters. The molecule has 5 heteroatoms. The molecular formula is C19H31N3O2. The number of nitrogens with zero attached hydrogens (tertiary/aromatic N) is 2. The smallest absolute Gasteiger partial charge is 0.251 e. The minimum atomic E-state index is -0.0235. The Labute approximate surface area is 146 Å². The van der Waals surface area contributed by atoms with E-state index in [4.69, 9.17) is 4.74 Å². The van der Waals surface area contributed by atoms with E-state index in [1.807, 2.05) is 18.2 Å². The molecule has 0 spiro atoms. The zero-order valence-electron chi connectivity index (χ0n) is 15.1. The quantitative estimate of drug-likeness (QED) is 0.704. The van der Waals surface area contributed by atoms with Gasteiger partial charge in [-0.1, -0.05) is 19.4 Å². The van der Waals surface area contributed by atoms with E-state index in [-0.39, 0.29) is 5.91 Å². The highest BCUT2D eigenvalue weighted by molar-refractivity contribution is 5.94. The topological polar surface area (TPSA) is 44.8 Å². The number of hydrogen-bond acceptors (Lipinski definition) is 4. The molecule has 0 aromatic heterocycles. The summed E-state index contributed by atoms with van der Waals surface area (Å²) in [5.74, 6) is 0.690. The number of unbranched alkanes of at least 4 members (excludes halogenated alkanes) is 2. The summed E-state index contributed by atoms with van der Waals surface area (Å²) in [6, 6.07) is 7.27. The Bertz CT molecular complexity index is 499. The molecule has 134 valence electrons. The highest BCUT2D eigenvalue weighted by atomic mass is 16.5. The SMILES string of the molecule is CCN1CCN(CCCCCNC(=O)c2cccc(OC)c2)CC1. The van der Waals surface area contributed by atoms with Crippen LogP contribution in [-0.4, -0.2) is 68.6 Å². The Balaban J connectivity index is 1.54. The molecule has 1 aromatic rings. The zero-order chi connectivity index (χ0) is 17.2. The number of benzene rings is 1. The first kappa shape index (κ1) is 18.7. The fourth-order valence-electron chi connectivity index (χ4n) is 3.03. The second kappa shape index (κ2) is 10.3. The lowest BCUT2D eigenvalue weighted by Gasteiger charge is -2.33. The summed E-state index contributed by atoms with van der Waals surface area (Å²) >= 11 is 0. The molecule has 1 aliphatic rings. The summed E-state index contributed by atoms with van der Waals surface area (Å²) in [5, 5.41) is 2.99. The largest absolute Gasteiger partial charge is 0.497 e. The van der Waals surface area contributed by atoms with E-state index in [2.05, 4.69) is 22.0 Å². The van der Waals surface area contributed by atoms with Crippen LogP contribution in [0.3, 0.4) is 0 Å². The zero-order valence-corrected chi connectivity index (χ0v) is 15.1. The van der Waals surface area contributed by atoms with Crippen LogP contribution in [0.1, 0.15) is 36.5 Å². The van der Waals surface area contributed by atoms with Crippen LogP contribution in [0.5, 0.6) is 5.75 Å². The van der Waals surface area contributed by atoms with Crippen LogP contribution in [0.15, 0.2) is 24.3 Å². The van der Waals surface area contributed by atoms with Gasteiger partial charge >= 0.3 is 0 Å². The second-order valence-corrected chi connectivity index (χ2v) is 6.32. The monoisotopic (exact) mass is 333 g/mol. The molecule has 1 aromatic carbocycles. The Morgan fingerprint density at radius 2 is 1.88 bits per heavy atom. The third-order valence-electron chi connectivity index (χ3n) is 4.68. The highest BCUT2D eigenvalue weighted by Crippen LogP contribution is 2.12. The van der Waals surface area contributed by atoms with Gasteiger partial charge in [-0.2, -0.15) is 0 Å². The van der Waals surface area contributed by atoms with E-state index >= 15 is 0 Å². The van der Waals surface area contributed by atoms with Gasteiger partial charge in [0.05, 0.1) is 7.11 Å². The van der Waals surface area contributed by atoms with E-state index in [1.165, 1.54) is 45.7 Å². The van der Waals surface area contributed by atoms with Crippen molar-refractivity contribution in [3.05, 3.63) is 29.8 Å². The minimum Gasteiger partial charge on any atom is -0.497 e. The summed E-state index contributed by atoms with van der Waals surface area (Å²) < 4.78 is 5.15. The molecule has 5 nitrogen and oxygen atoms in total. The average Bonchev–Trinajstić information content (AvgIpc) is 2.64. The Kier molecular flexibility index (Phi) is 8.05. The van der Waals surface area contributed by atoms with Crippen LogP contribution in [0, 0.1) is 0 Å². The number of piperazine rings is 1. The van der Waals surface area contributed by atoms with Gasteiger partial charge in [-0.25, -0.2) is 0 Å². The number of nitrogens with one attached hydrogen (secondary N) is 1.